The zero-order chi connectivity index (χ0) is 14.8. The molecule has 0 radical (unpaired) electrons. The van der Waals surface area contributed by atoms with Crippen LogP contribution < -0.4 is 21.5 Å². The van der Waals surface area contributed by atoms with E-state index < -0.39 is 0 Å². The van der Waals surface area contributed by atoms with Gasteiger partial charge < -0.3 is 10.6 Å². The van der Waals surface area contributed by atoms with Gasteiger partial charge in [0, 0.05) is 13.1 Å². The third kappa shape index (κ3) is 4.99. The molecule has 1 aromatic carbocycles. The molecule has 0 aliphatic heterocycles. The van der Waals surface area contributed by atoms with Gasteiger partial charge >= 0.3 is 0 Å². The Kier molecular flexibility index (Phi) is 8.00. The van der Waals surface area contributed by atoms with E-state index in [1.807, 2.05) is 0 Å². The van der Waals surface area contributed by atoms with E-state index in [1.54, 1.807) is 0 Å². The highest BCUT2D eigenvalue weighted by molar-refractivity contribution is 5.73. The average Bonchev–Trinajstić information content (AvgIpc) is 2.47. The average molecular weight is 280 g/mol. The lowest BCUT2D eigenvalue weighted by Crippen LogP contribution is -2.37. The van der Waals surface area contributed by atoms with Crippen LogP contribution in [0, 0.1) is 0 Å². The molecule has 0 aliphatic carbocycles. The normalized spacial score (nSPS) is 10.9. The van der Waals surface area contributed by atoms with Crippen molar-refractivity contribution in [2.45, 2.75) is 65.2 Å². The van der Waals surface area contributed by atoms with Crippen molar-refractivity contribution in [3.8, 4) is 0 Å². The van der Waals surface area contributed by atoms with Crippen molar-refractivity contribution in [3.63, 3.8) is 0 Å². The van der Waals surface area contributed by atoms with E-state index in [-0.39, 0.29) is 10.9 Å². The maximum absolute atomic E-state index is 11.5. The minimum absolute atomic E-state index is 0.364. The first-order valence-corrected chi connectivity index (χ1v) is 8.03. The van der Waals surface area contributed by atoms with Crippen LogP contribution >= 0.6 is 0 Å². The van der Waals surface area contributed by atoms with Gasteiger partial charge in [-0.3, -0.25) is 9.59 Å². The van der Waals surface area contributed by atoms with Crippen LogP contribution in [-0.4, -0.2) is 13.1 Å². The summed E-state index contributed by atoms with van der Waals surface area (Å²) in [6.07, 6.45) is 9.25. The van der Waals surface area contributed by atoms with Gasteiger partial charge in [-0.15, -0.1) is 0 Å². The molecule has 0 spiro atoms. The third-order valence-corrected chi connectivity index (χ3v) is 3.57. The first kappa shape index (κ1) is 16.7. The molecule has 1 aromatic rings. The number of nitrogens with one attached hydrogen (secondary N) is 2. The van der Waals surface area contributed by atoms with Crippen molar-refractivity contribution in [2.24, 2.45) is 0 Å². The quantitative estimate of drug-likeness (QED) is 0.456. The van der Waals surface area contributed by atoms with Crippen LogP contribution in [0.3, 0.4) is 0 Å². The van der Waals surface area contributed by atoms with Crippen LogP contribution in [0.15, 0.2) is 9.59 Å². The van der Waals surface area contributed by atoms with Crippen molar-refractivity contribution >= 4 is 11.4 Å². The molecule has 2 N–H and O–H groups in total. The van der Waals surface area contributed by atoms with Gasteiger partial charge in [0.1, 0.15) is 11.4 Å². The van der Waals surface area contributed by atoms with Crippen LogP contribution in [0.5, 0.6) is 0 Å². The molecule has 0 saturated heterocycles. The maximum atomic E-state index is 11.5. The second-order valence-corrected chi connectivity index (χ2v) is 5.38. The molecule has 1 rings (SSSR count). The zero-order valence-corrected chi connectivity index (χ0v) is 12.9. The van der Waals surface area contributed by atoms with Gasteiger partial charge in [-0.2, -0.15) is 0 Å². The molecular weight excluding hydrogens is 252 g/mol. The Hall–Kier alpha value is -1.32. The maximum Gasteiger partial charge on any atom is 0.253 e. The third-order valence-electron chi connectivity index (χ3n) is 3.57. The molecule has 0 saturated carbocycles. The predicted molar refractivity (Wildman–Crippen MR) is 86.6 cm³/mol. The Morgan fingerprint density at radius 1 is 0.650 bits per heavy atom. The summed E-state index contributed by atoms with van der Waals surface area (Å²) in [4.78, 5) is 23.0. The molecule has 0 heterocycles. The van der Waals surface area contributed by atoms with Gasteiger partial charge in [0.05, 0.1) is 0 Å². The number of unbranched alkanes of at least 4 members (excludes halogenated alkanes) is 6. The van der Waals surface area contributed by atoms with Gasteiger partial charge in [-0.05, 0) is 12.8 Å². The van der Waals surface area contributed by atoms with Crippen LogP contribution in [-0.2, 0) is 0 Å². The van der Waals surface area contributed by atoms with E-state index in [1.165, 1.54) is 38.5 Å². The molecule has 4 heteroatoms. The Balaban J connectivity index is 2.30. The first-order valence-electron chi connectivity index (χ1n) is 8.03. The minimum atomic E-state index is -0.364. The van der Waals surface area contributed by atoms with E-state index in [2.05, 4.69) is 24.5 Å². The Morgan fingerprint density at radius 3 is 1.40 bits per heavy atom. The van der Waals surface area contributed by atoms with E-state index in [0.29, 0.717) is 11.4 Å². The molecule has 0 aromatic heterocycles. The lowest BCUT2D eigenvalue weighted by molar-refractivity contribution is 0.682. The molecule has 0 atom stereocenters. The second-order valence-electron chi connectivity index (χ2n) is 5.38. The summed E-state index contributed by atoms with van der Waals surface area (Å²) in [5, 5.41) is 6.21. The molecular formula is C16H28N2O2. The summed E-state index contributed by atoms with van der Waals surface area (Å²) in [6, 6.07) is 0. The van der Waals surface area contributed by atoms with Gasteiger partial charge in [0.25, 0.3) is 10.9 Å². The monoisotopic (exact) mass is 280 g/mol. The minimum Gasteiger partial charge on any atom is -0.380 e. The second kappa shape index (κ2) is 9.56. The summed E-state index contributed by atoms with van der Waals surface area (Å²) in [5.74, 6) is 0. The lowest BCUT2D eigenvalue weighted by atomic mass is 10.1. The number of anilines is 2. The Labute approximate surface area is 121 Å². The summed E-state index contributed by atoms with van der Waals surface area (Å²) in [6.45, 7) is 5.89. The lowest BCUT2D eigenvalue weighted by Gasteiger charge is -2.14. The fourth-order valence-electron chi connectivity index (χ4n) is 2.26. The van der Waals surface area contributed by atoms with Crippen LogP contribution in [0.25, 0.3) is 0 Å². The largest absolute Gasteiger partial charge is 0.380 e. The van der Waals surface area contributed by atoms with Crippen molar-refractivity contribution < 1.29 is 0 Å². The molecule has 20 heavy (non-hydrogen) atoms. The highest BCUT2D eigenvalue weighted by Crippen LogP contribution is 2.15. The number of rotatable bonds is 12. The highest BCUT2D eigenvalue weighted by Gasteiger charge is 2.19. The molecule has 114 valence electrons. The number of hydrogen-bond donors (Lipinski definition) is 2. The predicted octanol–water partition coefficient (Wildman–Crippen LogP) is 3.27. The molecule has 0 bridgehead atoms. The van der Waals surface area contributed by atoms with Gasteiger partial charge in [-0.1, -0.05) is 52.4 Å². The number of hydrogen-bond acceptors (Lipinski definition) is 4. The van der Waals surface area contributed by atoms with Crippen molar-refractivity contribution in [2.75, 3.05) is 23.7 Å². The Morgan fingerprint density at radius 2 is 1.05 bits per heavy atom. The first-order chi connectivity index (χ1) is 9.72. The highest BCUT2D eigenvalue weighted by atomic mass is 16.2. The summed E-state index contributed by atoms with van der Waals surface area (Å²) in [5.41, 5.74) is 0.275. The van der Waals surface area contributed by atoms with Crippen molar-refractivity contribution in [1.82, 2.24) is 0 Å². The van der Waals surface area contributed by atoms with Crippen LogP contribution in [0.2, 0.25) is 0 Å². The smallest absolute Gasteiger partial charge is 0.253 e. The van der Waals surface area contributed by atoms with Gasteiger partial charge in [0.15, 0.2) is 0 Å². The molecule has 0 fully saturated rings. The van der Waals surface area contributed by atoms with E-state index in [4.69, 9.17) is 0 Å². The summed E-state index contributed by atoms with van der Waals surface area (Å²) in [7, 11) is 0. The van der Waals surface area contributed by atoms with Crippen molar-refractivity contribution in [1.29, 1.82) is 0 Å². The molecule has 0 unspecified atom stereocenters. The standard InChI is InChI=1S/C16H28N2O2/c1-3-5-7-9-11-17-13-14(16(20)15(13)19)18-12-10-8-6-4-2/h17-18H,3-12H2,1-2H3. The van der Waals surface area contributed by atoms with E-state index >= 15 is 0 Å². The SMILES string of the molecule is CCCCCCNc1c(NCCCCCC)c(=O)c1=O. The van der Waals surface area contributed by atoms with E-state index in [0.717, 1.165) is 25.9 Å². The van der Waals surface area contributed by atoms with Crippen LogP contribution in [0.1, 0.15) is 65.2 Å². The van der Waals surface area contributed by atoms with Crippen LogP contribution in [0.4, 0.5) is 11.4 Å². The molecule has 0 amide bonds. The zero-order valence-electron chi connectivity index (χ0n) is 12.9. The van der Waals surface area contributed by atoms with Gasteiger partial charge in [-0.25, -0.2) is 0 Å². The van der Waals surface area contributed by atoms with Gasteiger partial charge in [0.2, 0.25) is 0 Å². The van der Waals surface area contributed by atoms with Crippen molar-refractivity contribution in [3.05, 3.63) is 20.4 Å². The molecule has 4 nitrogen and oxygen atoms in total. The molecule has 0 aliphatic rings. The van der Waals surface area contributed by atoms with E-state index in [9.17, 15) is 9.59 Å². The summed E-state index contributed by atoms with van der Waals surface area (Å²) < 4.78 is 0. The summed E-state index contributed by atoms with van der Waals surface area (Å²) >= 11 is 0. The fraction of sp³-hybridized carbons (Fsp3) is 0.750. The Bertz CT molecular complexity index is 406. The fourth-order valence-corrected chi connectivity index (χ4v) is 2.26. The topological polar surface area (TPSA) is 58.2 Å².